The fourth-order valence-corrected chi connectivity index (χ4v) is 9.29. The standard InChI is InChI=1S/C15H20N2O2.C14H16O.2C14H18/c16-15(18)17(19)11-10-12-6-8-14(9-7-12)13-4-2-1-3-5-13;15-11-10-12-6-8-14(9-7-12)13-4-2-1-3-5-13;2*1-2-12-8-10-14(11-9-12)13-6-4-3-5-7-13/h1-6,14,19H,7-11H2,(H2,16,18);1-6,11,14H,7-10H2;3-8,14H,2,9-11H2,1H3;2-7,14H,8-11H2,1H3. The Labute approximate surface area is 373 Å². The Hall–Kier alpha value is -5.26. The third-order valence-corrected chi connectivity index (χ3v) is 13.3. The van der Waals surface area contributed by atoms with Crippen molar-refractivity contribution in [3.63, 3.8) is 0 Å². The van der Waals surface area contributed by atoms with E-state index in [-0.39, 0.29) is 6.54 Å². The van der Waals surface area contributed by atoms with Crippen LogP contribution in [-0.4, -0.2) is 29.1 Å². The number of allylic oxidation sites excluding steroid dienone is 7. The van der Waals surface area contributed by atoms with Gasteiger partial charge in [-0.1, -0.05) is 175 Å². The Morgan fingerprint density at radius 2 is 0.952 bits per heavy atom. The molecule has 328 valence electrons. The van der Waals surface area contributed by atoms with Gasteiger partial charge in [0.1, 0.15) is 6.29 Å². The molecule has 0 saturated heterocycles. The van der Waals surface area contributed by atoms with Crippen LogP contribution in [0.15, 0.2) is 168 Å². The summed E-state index contributed by atoms with van der Waals surface area (Å²) < 4.78 is 0. The van der Waals surface area contributed by atoms with Crippen molar-refractivity contribution in [2.75, 3.05) is 6.54 Å². The first-order valence-electron chi connectivity index (χ1n) is 23.4. The van der Waals surface area contributed by atoms with Crippen LogP contribution in [0.1, 0.15) is 163 Å². The lowest BCUT2D eigenvalue weighted by Crippen LogP contribution is -2.33. The highest BCUT2D eigenvalue weighted by atomic mass is 16.5. The van der Waals surface area contributed by atoms with Crippen molar-refractivity contribution in [2.45, 2.75) is 140 Å². The van der Waals surface area contributed by atoms with E-state index in [1.807, 2.05) is 6.07 Å². The minimum absolute atomic E-state index is 0.275. The van der Waals surface area contributed by atoms with Crippen LogP contribution >= 0.6 is 0 Å². The van der Waals surface area contributed by atoms with Crippen molar-refractivity contribution in [2.24, 2.45) is 5.73 Å². The molecule has 0 spiro atoms. The van der Waals surface area contributed by atoms with E-state index < -0.39 is 6.03 Å². The summed E-state index contributed by atoms with van der Waals surface area (Å²) in [7, 11) is 0. The lowest BCUT2D eigenvalue weighted by Gasteiger charge is -2.24. The topological polar surface area (TPSA) is 83.6 Å². The summed E-state index contributed by atoms with van der Waals surface area (Å²) in [6.07, 6.45) is 28.5. The molecule has 0 aliphatic heterocycles. The number of hydrogen-bond donors (Lipinski definition) is 2. The molecule has 0 heterocycles. The van der Waals surface area contributed by atoms with Crippen LogP contribution in [0.3, 0.4) is 0 Å². The molecule has 3 atom stereocenters. The molecule has 8 rings (SSSR count). The number of aldehydes is 1. The second kappa shape index (κ2) is 26.9. The fourth-order valence-electron chi connectivity index (χ4n) is 9.29. The summed E-state index contributed by atoms with van der Waals surface area (Å²) in [6, 6.07) is 42.2. The zero-order chi connectivity index (χ0) is 43.8. The number of amides is 2. The molecule has 62 heavy (non-hydrogen) atoms. The average molecular weight is 833 g/mol. The first-order valence-corrected chi connectivity index (χ1v) is 23.4. The number of nitrogens with two attached hydrogens (primary N) is 1. The number of rotatable bonds is 10. The first kappa shape index (κ1) is 47.8. The molecule has 5 nitrogen and oxygen atoms in total. The van der Waals surface area contributed by atoms with Gasteiger partial charge < -0.3 is 10.5 Å². The van der Waals surface area contributed by atoms with Crippen LogP contribution in [0.2, 0.25) is 0 Å². The molecule has 3 N–H and O–H groups in total. The summed E-state index contributed by atoms with van der Waals surface area (Å²) in [5, 5.41) is 9.79. The summed E-state index contributed by atoms with van der Waals surface area (Å²) in [6.45, 7) is 4.70. The second-order valence-electron chi connectivity index (χ2n) is 17.3. The number of hydrogen-bond acceptors (Lipinski definition) is 3. The lowest BCUT2D eigenvalue weighted by molar-refractivity contribution is -0.107. The Kier molecular flexibility index (Phi) is 20.8. The van der Waals surface area contributed by atoms with Crippen molar-refractivity contribution in [3.8, 4) is 0 Å². The summed E-state index contributed by atoms with van der Waals surface area (Å²) in [5.41, 5.74) is 16.7. The quantitative estimate of drug-likeness (QED) is 0.0722. The molecule has 1 saturated carbocycles. The molecule has 2 amide bonds. The van der Waals surface area contributed by atoms with Crippen LogP contribution in [0.4, 0.5) is 4.79 Å². The van der Waals surface area contributed by atoms with Crippen molar-refractivity contribution in [1.82, 2.24) is 5.06 Å². The maximum atomic E-state index is 10.7. The van der Waals surface area contributed by atoms with Crippen molar-refractivity contribution < 1.29 is 14.8 Å². The zero-order valence-electron chi connectivity index (χ0n) is 37.6. The van der Waals surface area contributed by atoms with Gasteiger partial charge in [-0.15, -0.1) is 0 Å². The van der Waals surface area contributed by atoms with E-state index in [1.165, 1.54) is 91.2 Å². The van der Waals surface area contributed by atoms with Crippen molar-refractivity contribution in [3.05, 3.63) is 190 Å². The monoisotopic (exact) mass is 833 g/mol. The van der Waals surface area contributed by atoms with Gasteiger partial charge >= 0.3 is 6.03 Å². The smallest absolute Gasteiger partial charge is 0.338 e. The normalized spacial score (nSPS) is 20.7. The molecular formula is C57H72N2O3. The summed E-state index contributed by atoms with van der Waals surface area (Å²) in [5.74, 6) is 2.82. The third kappa shape index (κ3) is 16.2. The van der Waals surface area contributed by atoms with E-state index in [1.54, 1.807) is 11.1 Å². The Bertz CT molecular complexity index is 2010. The van der Waals surface area contributed by atoms with Gasteiger partial charge in [0.15, 0.2) is 0 Å². The maximum absolute atomic E-state index is 10.7. The Morgan fingerprint density at radius 1 is 0.581 bits per heavy atom. The molecule has 0 radical (unpaired) electrons. The largest absolute Gasteiger partial charge is 0.350 e. The van der Waals surface area contributed by atoms with Gasteiger partial charge in [0.2, 0.25) is 0 Å². The van der Waals surface area contributed by atoms with E-state index in [4.69, 9.17) is 5.73 Å². The van der Waals surface area contributed by atoms with Gasteiger partial charge in [0.05, 0.1) is 6.54 Å². The second-order valence-corrected chi connectivity index (χ2v) is 17.3. The summed E-state index contributed by atoms with van der Waals surface area (Å²) >= 11 is 0. The minimum Gasteiger partial charge on any atom is -0.350 e. The zero-order valence-corrected chi connectivity index (χ0v) is 37.6. The molecule has 4 aliphatic carbocycles. The number of carbonyl (C=O) groups excluding carboxylic acids is 2. The third-order valence-electron chi connectivity index (χ3n) is 13.3. The molecule has 4 aromatic carbocycles. The summed E-state index contributed by atoms with van der Waals surface area (Å²) in [4.78, 5) is 21.1. The molecule has 4 aromatic rings. The molecule has 0 aromatic heterocycles. The molecule has 1 fully saturated rings. The number of primary amides is 1. The number of carbonyl (C=O) groups is 2. The van der Waals surface area contributed by atoms with Crippen LogP contribution < -0.4 is 5.73 Å². The average Bonchev–Trinajstić information content (AvgIpc) is 3.35. The van der Waals surface area contributed by atoms with E-state index in [0.29, 0.717) is 29.7 Å². The SMILES string of the molecule is CC=C1CCC(c2ccccc2)CC1.CCC1=CCC(c2ccccc2)CC1.NC(=O)N(O)CCC1=CCC(c2ccccc2)CC1.O=CCC1=CCC(c2ccccc2)CC1. The van der Waals surface area contributed by atoms with Gasteiger partial charge in [-0.2, -0.15) is 0 Å². The molecule has 5 heteroatoms. The van der Waals surface area contributed by atoms with E-state index in [0.717, 1.165) is 50.2 Å². The van der Waals surface area contributed by atoms with E-state index in [9.17, 15) is 14.8 Å². The first-order chi connectivity index (χ1) is 30.4. The maximum Gasteiger partial charge on any atom is 0.338 e. The van der Waals surface area contributed by atoms with Crippen molar-refractivity contribution >= 4 is 12.3 Å². The van der Waals surface area contributed by atoms with Gasteiger partial charge in [-0.25, -0.2) is 9.86 Å². The molecular weight excluding hydrogens is 761 g/mol. The minimum atomic E-state index is -0.793. The van der Waals surface area contributed by atoms with Crippen LogP contribution in [0.5, 0.6) is 0 Å². The molecule has 3 unspecified atom stereocenters. The van der Waals surface area contributed by atoms with E-state index >= 15 is 0 Å². The predicted octanol–water partition coefficient (Wildman–Crippen LogP) is 15.1. The molecule has 0 bridgehead atoms. The number of hydroxylamine groups is 2. The van der Waals surface area contributed by atoms with Gasteiger partial charge in [-0.3, -0.25) is 5.21 Å². The van der Waals surface area contributed by atoms with Crippen molar-refractivity contribution in [1.29, 1.82) is 0 Å². The Balaban J connectivity index is 0.000000157. The van der Waals surface area contributed by atoms with Gasteiger partial charge in [0.25, 0.3) is 0 Å². The highest BCUT2D eigenvalue weighted by Gasteiger charge is 2.19. The number of benzene rings is 4. The van der Waals surface area contributed by atoms with Gasteiger partial charge in [0, 0.05) is 6.42 Å². The highest BCUT2D eigenvalue weighted by molar-refractivity contribution is 5.70. The lowest BCUT2D eigenvalue weighted by atomic mass is 9.82. The van der Waals surface area contributed by atoms with Crippen LogP contribution in [0.25, 0.3) is 0 Å². The number of nitrogens with zero attached hydrogens (tertiary/aromatic N) is 1. The van der Waals surface area contributed by atoms with Gasteiger partial charge in [-0.05, 0) is 149 Å². The Morgan fingerprint density at radius 3 is 1.29 bits per heavy atom. The number of urea groups is 1. The van der Waals surface area contributed by atoms with Crippen LogP contribution in [-0.2, 0) is 4.79 Å². The highest BCUT2D eigenvalue weighted by Crippen LogP contribution is 2.36. The molecule has 4 aliphatic rings. The van der Waals surface area contributed by atoms with E-state index in [2.05, 4.69) is 153 Å². The predicted molar refractivity (Wildman–Crippen MR) is 258 cm³/mol. The fraction of sp³-hybridized carbons (Fsp3) is 0.404. The van der Waals surface area contributed by atoms with Crippen LogP contribution in [0, 0.1) is 0 Å².